The summed E-state index contributed by atoms with van der Waals surface area (Å²) in [5.41, 5.74) is 1.27. The Morgan fingerprint density at radius 1 is 1.25 bits per heavy atom. The third-order valence-corrected chi connectivity index (χ3v) is 2.98. The van der Waals surface area contributed by atoms with Crippen molar-refractivity contribution in [3.8, 4) is 0 Å². The van der Waals surface area contributed by atoms with Gasteiger partial charge in [-0.2, -0.15) is 0 Å². The van der Waals surface area contributed by atoms with Crippen molar-refractivity contribution in [2.75, 3.05) is 19.3 Å². The van der Waals surface area contributed by atoms with Crippen LogP contribution in [0.2, 0.25) is 0 Å². The first-order valence-electron chi connectivity index (χ1n) is 5.73. The second kappa shape index (κ2) is 7.53. The summed E-state index contributed by atoms with van der Waals surface area (Å²) in [6, 6.07) is 8.63. The van der Waals surface area contributed by atoms with Crippen molar-refractivity contribution < 1.29 is 0 Å². The van der Waals surface area contributed by atoms with Gasteiger partial charge in [-0.15, -0.1) is 11.8 Å². The molecule has 0 atom stereocenters. The van der Waals surface area contributed by atoms with Crippen LogP contribution in [-0.2, 0) is 0 Å². The first kappa shape index (κ1) is 13.3. The van der Waals surface area contributed by atoms with Crippen molar-refractivity contribution in [3.63, 3.8) is 0 Å². The lowest BCUT2D eigenvalue weighted by Crippen LogP contribution is -2.19. The second-order valence-corrected chi connectivity index (χ2v) is 5.11. The number of hydrogen-bond donors (Lipinski definition) is 1. The van der Waals surface area contributed by atoms with Gasteiger partial charge in [0.05, 0.1) is 0 Å². The van der Waals surface area contributed by atoms with Crippen LogP contribution in [-0.4, -0.2) is 19.3 Å². The third-order valence-electron chi connectivity index (χ3n) is 2.24. The van der Waals surface area contributed by atoms with Crippen LogP contribution in [0.3, 0.4) is 0 Å². The molecule has 0 aliphatic carbocycles. The monoisotopic (exact) mass is 235 g/mol. The molecule has 1 aromatic carbocycles. The van der Waals surface area contributed by atoms with E-state index in [0.717, 1.165) is 13.1 Å². The van der Waals surface area contributed by atoms with E-state index in [1.807, 2.05) is 0 Å². The molecule has 88 valence electrons. The van der Waals surface area contributed by atoms with E-state index >= 15 is 0 Å². The summed E-state index contributed by atoms with van der Waals surface area (Å²) in [4.78, 5) is 1.31. The fraction of sp³-hybridized carbons (Fsp3) is 0.429. The van der Waals surface area contributed by atoms with Gasteiger partial charge in [0, 0.05) is 11.4 Å². The smallest absolute Gasteiger partial charge is 0.0138 e. The van der Waals surface area contributed by atoms with E-state index in [-0.39, 0.29) is 0 Å². The van der Waals surface area contributed by atoms with E-state index in [9.17, 15) is 0 Å². The lowest BCUT2D eigenvalue weighted by molar-refractivity contribution is 0.577. The van der Waals surface area contributed by atoms with Crippen molar-refractivity contribution in [1.29, 1.82) is 0 Å². The van der Waals surface area contributed by atoms with E-state index in [2.05, 4.69) is 61.8 Å². The molecular weight excluding hydrogens is 214 g/mol. The molecule has 0 aliphatic rings. The highest BCUT2D eigenvalue weighted by Crippen LogP contribution is 2.15. The Labute approximate surface area is 103 Å². The summed E-state index contributed by atoms with van der Waals surface area (Å²) in [6.07, 6.45) is 6.44. The molecule has 1 nitrogen and oxygen atoms in total. The molecule has 1 aromatic rings. The van der Waals surface area contributed by atoms with Crippen molar-refractivity contribution in [2.45, 2.75) is 18.7 Å². The van der Waals surface area contributed by atoms with E-state index < -0.39 is 0 Å². The third kappa shape index (κ3) is 5.38. The van der Waals surface area contributed by atoms with Crippen molar-refractivity contribution in [1.82, 2.24) is 5.32 Å². The van der Waals surface area contributed by atoms with E-state index in [0.29, 0.717) is 5.92 Å². The van der Waals surface area contributed by atoms with Gasteiger partial charge in [-0.25, -0.2) is 0 Å². The summed E-state index contributed by atoms with van der Waals surface area (Å²) in [7, 11) is 0. The molecule has 0 bridgehead atoms. The zero-order valence-corrected chi connectivity index (χ0v) is 11.2. The minimum atomic E-state index is 0.717. The first-order valence-corrected chi connectivity index (χ1v) is 6.96. The number of rotatable bonds is 6. The standard InChI is InChI=1S/C14H21NS/c1-12(2)11-15-10-4-5-13-6-8-14(16-3)9-7-13/h4-9,12,15H,10-11H2,1-3H3. The first-order chi connectivity index (χ1) is 7.72. The normalized spacial score (nSPS) is 11.5. The number of thioether (sulfide) groups is 1. The molecule has 16 heavy (non-hydrogen) atoms. The molecule has 0 radical (unpaired) electrons. The zero-order chi connectivity index (χ0) is 11.8. The molecule has 1 N–H and O–H groups in total. The van der Waals surface area contributed by atoms with Gasteiger partial charge in [0.15, 0.2) is 0 Å². The van der Waals surface area contributed by atoms with Gasteiger partial charge in [0.25, 0.3) is 0 Å². The van der Waals surface area contributed by atoms with Crippen molar-refractivity contribution in [2.24, 2.45) is 5.92 Å². The maximum Gasteiger partial charge on any atom is 0.0138 e. The topological polar surface area (TPSA) is 12.0 Å². The molecule has 0 amide bonds. The van der Waals surface area contributed by atoms with Crippen LogP contribution in [0.15, 0.2) is 35.2 Å². The molecule has 0 saturated carbocycles. The van der Waals surface area contributed by atoms with Gasteiger partial charge < -0.3 is 5.32 Å². The van der Waals surface area contributed by atoms with E-state index in [4.69, 9.17) is 0 Å². The summed E-state index contributed by atoms with van der Waals surface area (Å²) in [5.74, 6) is 0.717. The van der Waals surface area contributed by atoms with E-state index in [1.165, 1.54) is 10.5 Å². The maximum atomic E-state index is 3.39. The lowest BCUT2D eigenvalue weighted by Gasteiger charge is -2.03. The highest BCUT2D eigenvalue weighted by molar-refractivity contribution is 7.98. The highest BCUT2D eigenvalue weighted by Gasteiger charge is 1.91. The summed E-state index contributed by atoms with van der Waals surface area (Å²) < 4.78 is 0. The minimum Gasteiger partial charge on any atom is -0.313 e. The minimum absolute atomic E-state index is 0.717. The van der Waals surface area contributed by atoms with Crippen molar-refractivity contribution in [3.05, 3.63) is 35.9 Å². The Kier molecular flexibility index (Phi) is 6.27. The number of nitrogens with one attached hydrogen (secondary N) is 1. The molecule has 0 unspecified atom stereocenters. The Morgan fingerprint density at radius 3 is 2.50 bits per heavy atom. The molecule has 0 aliphatic heterocycles. The molecule has 0 saturated heterocycles. The van der Waals surface area contributed by atoms with Crippen molar-refractivity contribution >= 4 is 17.8 Å². The average Bonchev–Trinajstić information content (AvgIpc) is 2.29. The molecule has 1 rings (SSSR count). The molecular formula is C14H21NS. The molecule has 0 spiro atoms. The van der Waals surface area contributed by atoms with Gasteiger partial charge in [0.2, 0.25) is 0 Å². The molecule has 0 heterocycles. The van der Waals surface area contributed by atoms with Gasteiger partial charge in [-0.1, -0.05) is 38.1 Å². The summed E-state index contributed by atoms with van der Waals surface area (Å²) in [5, 5.41) is 3.39. The van der Waals surface area contributed by atoms with Crippen LogP contribution < -0.4 is 5.32 Å². The molecule has 2 heteroatoms. The molecule has 0 fully saturated rings. The average molecular weight is 235 g/mol. The SMILES string of the molecule is CSc1ccc(C=CCNCC(C)C)cc1. The van der Waals surface area contributed by atoms with Crippen LogP contribution in [0.1, 0.15) is 19.4 Å². The summed E-state index contributed by atoms with van der Waals surface area (Å²) >= 11 is 1.78. The van der Waals surface area contributed by atoms with Crippen LogP contribution in [0.25, 0.3) is 6.08 Å². The summed E-state index contributed by atoms with van der Waals surface area (Å²) in [6.45, 7) is 6.47. The highest BCUT2D eigenvalue weighted by atomic mass is 32.2. The predicted octanol–water partition coefficient (Wildman–Crippen LogP) is 3.67. The quantitative estimate of drug-likeness (QED) is 0.596. The fourth-order valence-electron chi connectivity index (χ4n) is 1.37. The Balaban J connectivity index is 2.32. The zero-order valence-electron chi connectivity index (χ0n) is 10.4. The van der Waals surface area contributed by atoms with Gasteiger partial charge >= 0.3 is 0 Å². The fourth-order valence-corrected chi connectivity index (χ4v) is 1.77. The largest absolute Gasteiger partial charge is 0.313 e. The van der Waals surface area contributed by atoms with Gasteiger partial charge in [-0.3, -0.25) is 0 Å². The Hall–Kier alpha value is -0.730. The van der Waals surface area contributed by atoms with Crippen LogP contribution in [0, 0.1) is 5.92 Å². The van der Waals surface area contributed by atoms with Gasteiger partial charge in [0.1, 0.15) is 0 Å². The lowest BCUT2D eigenvalue weighted by atomic mass is 10.2. The van der Waals surface area contributed by atoms with Crippen LogP contribution in [0.4, 0.5) is 0 Å². The Bertz CT molecular complexity index is 314. The molecule has 0 aromatic heterocycles. The number of benzene rings is 1. The van der Waals surface area contributed by atoms with Gasteiger partial charge in [-0.05, 0) is 36.4 Å². The van der Waals surface area contributed by atoms with Crippen LogP contribution >= 0.6 is 11.8 Å². The van der Waals surface area contributed by atoms with Crippen LogP contribution in [0.5, 0.6) is 0 Å². The predicted molar refractivity (Wildman–Crippen MR) is 75.0 cm³/mol. The van der Waals surface area contributed by atoms with E-state index in [1.54, 1.807) is 11.8 Å². The Morgan fingerprint density at radius 2 is 1.94 bits per heavy atom. The maximum absolute atomic E-state index is 3.39. The number of hydrogen-bond acceptors (Lipinski definition) is 2. The second-order valence-electron chi connectivity index (χ2n) is 4.23.